The van der Waals surface area contributed by atoms with E-state index in [9.17, 15) is 0 Å². The molecule has 0 amide bonds. The summed E-state index contributed by atoms with van der Waals surface area (Å²) in [6.07, 6.45) is 2.42. The van der Waals surface area contributed by atoms with E-state index in [0.29, 0.717) is 5.92 Å². The zero-order valence-corrected chi connectivity index (χ0v) is 8.33. The molecule has 1 aromatic rings. The molecule has 1 unspecified atom stereocenters. The Hall–Kier alpha value is -1.33. The Bertz CT molecular complexity index is 386. The topological polar surface area (TPSA) is 49.8 Å². The van der Waals surface area contributed by atoms with Gasteiger partial charge in [0.2, 0.25) is 0 Å². The summed E-state index contributed by atoms with van der Waals surface area (Å²) in [5.41, 5.74) is 9.06. The van der Waals surface area contributed by atoms with Crippen molar-refractivity contribution in [2.24, 2.45) is 11.7 Å². The molecule has 2 rings (SSSR count). The van der Waals surface area contributed by atoms with Crippen LogP contribution in [0.15, 0.2) is 18.2 Å². The lowest BCUT2D eigenvalue weighted by Crippen LogP contribution is -2.15. The summed E-state index contributed by atoms with van der Waals surface area (Å²) in [5.74, 6) is 0.600. The summed E-state index contributed by atoms with van der Waals surface area (Å²) in [6.45, 7) is 2.03. The quantitative estimate of drug-likeness (QED) is 0.770. The summed E-state index contributed by atoms with van der Waals surface area (Å²) in [6, 6.07) is 8.07. The Kier molecular flexibility index (Phi) is 2.26. The molecule has 2 nitrogen and oxygen atoms in total. The third-order valence-electron chi connectivity index (χ3n) is 2.91. The van der Waals surface area contributed by atoms with Crippen molar-refractivity contribution in [3.63, 3.8) is 0 Å². The molecule has 1 aromatic carbocycles. The molecule has 0 radical (unpaired) electrons. The van der Waals surface area contributed by atoms with E-state index in [-0.39, 0.29) is 6.04 Å². The Balaban J connectivity index is 2.43. The smallest absolute Gasteiger partial charge is 0.0995 e. The van der Waals surface area contributed by atoms with Crippen LogP contribution >= 0.6 is 0 Å². The van der Waals surface area contributed by atoms with E-state index < -0.39 is 0 Å². The number of nitriles is 1. The fourth-order valence-corrected chi connectivity index (χ4v) is 1.91. The Labute approximate surface area is 84.3 Å². The second-order valence-electron chi connectivity index (χ2n) is 4.01. The first-order valence-corrected chi connectivity index (χ1v) is 4.99. The van der Waals surface area contributed by atoms with Gasteiger partial charge in [0.1, 0.15) is 0 Å². The molecule has 0 saturated heterocycles. The lowest BCUT2D eigenvalue weighted by atomic mass is 9.94. The van der Waals surface area contributed by atoms with Crippen molar-refractivity contribution in [1.29, 1.82) is 5.26 Å². The van der Waals surface area contributed by atoms with Gasteiger partial charge in [-0.15, -0.1) is 0 Å². The zero-order valence-electron chi connectivity index (χ0n) is 8.33. The fraction of sp³-hybridized carbons (Fsp3) is 0.417. The van der Waals surface area contributed by atoms with Crippen LogP contribution in [0, 0.1) is 24.2 Å². The van der Waals surface area contributed by atoms with Crippen molar-refractivity contribution in [2.45, 2.75) is 25.8 Å². The van der Waals surface area contributed by atoms with Crippen molar-refractivity contribution < 1.29 is 0 Å². The number of aryl methyl sites for hydroxylation is 1. The van der Waals surface area contributed by atoms with E-state index in [2.05, 4.69) is 6.07 Å². The van der Waals surface area contributed by atoms with Gasteiger partial charge >= 0.3 is 0 Å². The molecular formula is C12H14N2. The summed E-state index contributed by atoms with van der Waals surface area (Å²) < 4.78 is 0. The summed E-state index contributed by atoms with van der Waals surface area (Å²) >= 11 is 0. The first-order valence-electron chi connectivity index (χ1n) is 4.99. The van der Waals surface area contributed by atoms with E-state index in [0.717, 1.165) is 16.7 Å². The van der Waals surface area contributed by atoms with Crippen LogP contribution in [-0.2, 0) is 0 Å². The van der Waals surface area contributed by atoms with Gasteiger partial charge in [0, 0.05) is 6.04 Å². The van der Waals surface area contributed by atoms with E-state index in [1.54, 1.807) is 0 Å². The maximum atomic E-state index is 8.99. The Morgan fingerprint density at radius 3 is 2.79 bits per heavy atom. The highest BCUT2D eigenvalue weighted by Gasteiger charge is 2.31. The third-order valence-corrected chi connectivity index (χ3v) is 2.91. The molecule has 1 saturated carbocycles. The molecule has 0 heterocycles. The monoisotopic (exact) mass is 186 g/mol. The van der Waals surface area contributed by atoms with E-state index in [1.807, 2.05) is 25.1 Å². The predicted octanol–water partition coefficient (Wildman–Crippen LogP) is 2.28. The van der Waals surface area contributed by atoms with Gasteiger partial charge in [-0.2, -0.15) is 5.26 Å². The molecule has 2 heteroatoms. The lowest BCUT2D eigenvalue weighted by Gasteiger charge is -2.15. The number of nitrogens with two attached hydrogens (primary N) is 1. The molecule has 0 bridgehead atoms. The second kappa shape index (κ2) is 3.43. The first-order chi connectivity index (χ1) is 6.74. The van der Waals surface area contributed by atoms with Crippen LogP contribution < -0.4 is 5.73 Å². The summed E-state index contributed by atoms with van der Waals surface area (Å²) in [4.78, 5) is 0. The molecule has 14 heavy (non-hydrogen) atoms. The van der Waals surface area contributed by atoms with Crippen LogP contribution in [0.3, 0.4) is 0 Å². The molecule has 1 fully saturated rings. The van der Waals surface area contributed by atoms with Crippen molar-refractivity contribution in [3.8, 4) is 6.07 Å². The van der Waals surface area contributed by atoms with Crippen LogP contribution in [0.4, 0.5) is 0 Å². The van der Waals surface area contributed by atoms with Crippen molar-refractivity contribution in [2.75, 3.05) is 0 Å². The molecular weight excluding hydrogens is 172 g/mol. The summed E-state index contributed by atoms with van der Waals surface area (Å²) in [7, 11) is 0. The molecule has 2 N–H and O–H groups in total. The molecule has 1 aliphatic carbocycles. The molecule has 0 aliphatic heterocycles. The van der Waals surface area contributed by atoms with Crippen LogP contribution in [0.25, 0.3) is 0 Å². The van der Waals surface area contributed by atoms with Crippen LogP contribution in [0.5, 0.6) is 0 Å². The average Bonchev–Trinajstić information content (AvgIpc) is 2.99. The molecule has 1 aliphatic rings. The van der Waals surface area contributed by atoms with Gasteiger partial charge in [-0.3, -0.25) is 0 Å². The van der Waals surface area contributed by atoms with Gasteiger partial charge in [0.15, 0.2) is 0 Å². The predicted molar refractivity (Wildman–Crippen MR) is 55.5 cm³/mol. The number of hydrogen-bond acceptors (Lipinski definition) is 2. The maximum Gasteiger partial charge on any atom is 0.0995 e. The van der Waals surface area contributed by atoms with Gasteiger partial charge in [-0.25, -0.2) is 0 Å². The van der Waals surface area contributed by atoms with Gasteiger partial charge in [-0.1, -0.05) is 12.1 Å². The number of rotatable bonds is 2. The van der Waals surface area contributed by atoms with Gasteiger partial charge in [0.05, 0.1) is 11.6 Å². The lowest BCUT2D eigenvalue weighted by molar-refractivity contribution is 0.628. The normalized spacial score (nSPS) is 17.5. The molecule has 72 valence electrons. The highest BCUT2D eigenvalue weighted by molar-refractivity contribution is 5.44. The van der Waals surface area contributed by atoms with Gasteiger partial charge in [0.25, 0.3) is 0 Å². The minimum absolute atomic E-state index is 0.0610. The zero-order chi connectivity index (χ0) is 10.1. The average molecular weight is 186 g/mol. The highest BCUT2D eigenvalue weighted by atomic mass is 14.7. The van der Waals surface area contributed by atoms with Crippen LogP contribution in [-0.4, -0.2) is 0 Å². The minimum atomic E-state index is 0.0610. The Morgan fingerprint density at radius 2 is 2.21 bits per heavy atom. The molecule has 1 atom stereocenters. The molecule has 0 spiro atoms. The first kappa shape index (κ1) is 9.23. The minimum Gasteiger partial charge on any atom is -0.324 e. The van der Waals surface area contributed by atoms with E-state index in [4.69, 9.17) is 11.0 Å². The Morgan fingerprint density at radius 1 is 1.50 bits per heavy atom. The number of benzene rings is 1. The number of hydrogen-bond donors (Lipinski definition) is 1. The number of nitrogens with zero attached hydrogens (tertiary/aromatic N) is 1. The van der Waals surface area contributed by atoms with Gasteiger partial charge in [-0.05, 0) is 42.9 Å². The fourth-order valence-electron chi connectivity index (χ4n) is 1.91. The van der Waals surface area contributed by atoms with E-state index >= 15 is 0 Å². The van der Waals surface area contributed by atoms with Crippen molar-refractivity contribution >= 4 is 0 Å². The maximum absolute atomic E-state index is 8.99. The van der Waals surface area contributed by atoms with E-state index in [1.165, 1.54) is 12.8 Å². The highest BCUT2D eigenvalue weighted by Crippen LogP contribution is 2.41. The van der Waals surface area contributed by atoms with Gasteiger partial charge < -0.3 is 5.73 Å². The van der Waals surface area contributed by atoms with Crippen molar-refractivity contribution in [3.05, 3.63) is 34.9 Å². The molecule has 0 aromatic heterocycles. The summed E-state index contributed by atoms with van der Waals surface area (Å²) in [5, 5.41) is 8.99. The SMILES string of the molecule is Cc1cccc(C#N)c1C(N)C1CC1. The van der Waals surface area contributed by atoms with Crippen molar-refractivity contribution in [1.82, 2.24) is 0 Å². The second-order valence-corrected chi connectivity index (χ2v) is 4.01. The largest absolute Gasteiger partial charge is 0.324 e. The standard InChI is InChI=1S/C12H14N2/c1-8-3-2-4-10(7-13)11(8)12(14)9-5-6-9/h2-4,9,12H,5-6,14H2,1H3. The van der Waals surface area contributed by atoms with Crippen LogP contribution in [0.2, 0.25) is 0 Å². The third kappa shape index (κ3) is 1.51. The van der Waals surface area contributed by atoms with Crippen LogP contribution in [0.1, 0.15) is 35.6 Å².